The second-order valence-corrected chi connectivity index (χ2v) is 9.67. The molecule has 1 atom stereocenters. The zero-order chi connectivity index (χ0) is 24.7. The molecule has 3 rings (SSSR count). The van der Waals surface area contributed by atoms with Gasteiger partial charge in [0.15, 0.2) is 0 Å². The summed E-state index contributed by atoms with van der Waals surface area (Å²) in [5.41, 5.74) is 0.886. The highest BCUT2D eigenvalue weighted by Crippen LogP contribution is 2.13. The van der Waals surface area contributed by atoms with E-state index in [1.54, 1.807) is 4.90 Å². The molecule has 0 aromatic heterocycles. The van der Waals surface area contributed by atoms with Gasteiger partial charge >= 0.3 is 6.03 Å². The lowest BCUT2D eigenvalue weighted by Gasteiger charge is -2.35. The normalized spacial score (nSPS) is 15.4. The van der Waals surface area contributed by atoms with Crippen LogP contribution in [0.2, 0.25) is 0 Å². The Morgan fingerprint density at radius 1 is 1.00 bits per heavy atom. The standard InChI is InChI=1S/C26H33FN4O3/c1-26(2,3)30-25(34)31-15-13-21(14-16-31)28-24(33)22(17-18-7-5-4-6-8-18)29-23(32)19-9-11-20(27)12-10-19/h4-12,21-22H,13-17H2,1-3H3,(H,28,33)(H,29,32)(H,30,34). The number of amides is 4. The molecule has 7 nitrogen and oxygen atoms in total. The van der Waals surface area contributed by atoms with Gasteiger partial charge < -0.3 is 20.9 Å². The van der Waals surface area contributed by atoms with Gasteiger partial charge in [-0.2, -0.15) is 0 Å². The number of carbonyl (C=O) groups excluding carboxylic acids is 3. The predicted molar refractivity (Wildman–Crippen MR) is 129 cm³/mol. The van der Waals surface area contributed by atoms with Gasteiger partial charge in [0.05, 0.1) is 0 Å². The molecule has 1 fully saturated rings. The molecule has 4 amide bonds. The minimum atomic E-state index is -0.790. The van der Waals surface area contributed by atoms with Gasteiger partial charge in [0.1, 0.15) is 11.9 Å². The summed E-state index contributed by atoms with van der Waals surface area (Å²) in [6.07, 6.45) is 1.59. The highest BCUT2D eigenvalue weighted by molar-refractivity contribution is 5.97. The molecule has 182 valence electrons. The molecule has 1 heterocycles. The van der Waals surface area contributed by atoms with Crippen LogP contribution in [0.15, 0.2) is 54.6 Å². The van der Waals surface area contributed by atoms with E-state index in [0.717, 1.165) is 5.56 Å². The van der Waals surface area contributed by atoms with Crippen molar-refractivity contribution in [3.63, 3.8) is 0 Å². The number of carbonyl (C=O) groups is 3. The summed E-state index contributed by atoms with van der Waals surface area (Å²) in [6.45, 7) is 6.89. The SMILES string of the molecule is CC(C)(C)NC(=O)N1CCC(NC(=O)C(Cc2ccccc2)NC(=O)c2ccc(F)cc2)CC1. The first kappa shape index (κ1) is 25.2. The van der Waals surface area contributed by atoms with Crippen LogP contribution in [0, 0.1) is 5.82 Å². The van der Waals surface area contributed by atoms with Gasteiger partial charge in [0.25, 0.3) is 5.91 Å². The van der Waals surface area contributed by atoms with Crippen molar-refractivity contribution in [2.75, 3.05) is 13.1 Å². The molecule has 1 aliphatic rings. The number of urea groups is 1. The van der Waals surface area contributed by atoms with Crippen LogP contribution in [0.5, 0.6) is 0 Å². The summed E-state index contributed by atoms with van der Waals surface area (Å²) in [7, 11) is 0. The van der Waals surface area contributed by atoms with E-state index in [1.807, 2.05) is 51.1 Å². The molecule has 1 unspecified atom stereocenters. The lowest BCUT2D eigenvalue weighted by molar-refractivity contribution is -0.123. The fraction of sp³-hybridized carbons (Fsp3) is 0.423. The van der Waals surface area contributed by atoms with Crippen LogP contribution in [0.25, 0.3) is 0 Å². The van der Waals surface area contributed by atoms with Crippen molar-refractivity contribution in [1.29, 1.82) is 0 Å². The maximum Gasteiger partial charge on any atom is 0.317 e. The Hall–Kier alpha value is -3.42. The summed E-state index contributed by atoms with van der Waals surface area (Å²) in [6, 6.07) is 13.7. The number of nitrogens with one attached hydrogen (secondary N) is 3. The molecule has 3 N–H and O–H groups in total. The molecule has 2 aromatic carbocycles. The van der Waals surface area contributed by atoms with Crippen LogP contribution in [0.3, 0.4) is 0 Å². The third kappa shape index (κ3) is 7.57. The molecular formula is C26H33FN4O3. The molecule has 1 aliphatic heterocycles. The quantitative estimate of drug-likeness (QED) is 0.608. The minimum absolute atomic E-state index is 0.0906. The average Bonchev–Trinajstić information content (AvgIpc) is 2.79. The van der Waals surface area contributed by atoms with Crippen molar-refractivity contribution < 1.29 is 18.8 Å². The first-order chi connectivity index (χ1) is 16.1. The highest BCUT2D eigenvalue weighted by Gasteiger charge is 2.29. The number of likely N-dealkylation sites (tertiary alicyclic amines) is 1. The molecule has 0 spiro atoms. The Kier molecular flexibility index (Phi) is 8.26. The van der Waals surface area contributed by atoms with Crippen molar-refractivity contribution in [3.05, 3.63) is 71.5 Å². The third-order valence-corrected chi connectivity index (χ3v) is 5.62. The van der Waals surface area contributed by atoms with E-state index in [2.05, 4.69) is 16.0 Å². The number of hydrogen-bond acceptors (Lipinski definition) is 3. The average molecular weight is 469 g/mol. The Morgan fingerprint density at radius 2 is 1.62 bits per heavy atom. The number of hydrogen-bond donors (Lipinski definition) is 3. The van der Waals surface area contributed by atoms with E-state index in [4.69, 9.17) is 0 Å². The minimum Gasteiger partial charge on any atom is -0.351 e. The van der Waals surface area contributed by atoms with Crippen molar-refractivity contribution in [3.8, 4) is 0 Å². The fourth-order valence-electron chi connectivity index (χ4n) is 3.83. The van der Waals surface area contributed by atoms with Crippen LogP contribution >= 0.6 is 0 Å². The van der Waals surface area contributed by atoms with Crippen LogP contribution < -0.4 is 16.0 Å². The number of piperidine rings is 1. The van der Waals surface area contributed by atoms with Crippen molar-refractivity contribution in [2.45, 2.75) is 57.7 Å². The van der Waals surface area contributed by atoms with Gasteiger partial charge in [0, 0.05) is 36.7 Å². The summed E-state index contributed by atoms with van der Waals surface area (Å²) in [5, 5.41) is 8.80. The van der Waals surface area contributed by atoms with E-state index < -0.39 is 17.8 Å². The Bertz CT molecular complexity index is 981. The Labute approximate surface area is 200 Å². The summed E-state index contributed by atoms with van der Waals surface area (Å²) >= 11 is 0. The molecule has 0 aliphatic carbocycles. The zero-order valence-corrected chi connectivity index (χ0v) is 19.9. The first-order valence-corrected chi connectivity index (χ1v) is 11.6. The number of benzene rings is 2. The van der Waals surface area contributed by atoms with E-state index in [1.165, 1.54) is 24.3 Å². The van der Waals surface area contributed by atoms with Gasteiger partial charge in [-0.15, -0.1) is 0 Å². The molecule has 1 saturated heterocycles. The lowest BCUT2D eigenvalue weighted by Crippen LogP contribution is -2.55. The van der Waals surface area contributed by atoms with Gasteiger partial charge in [0.2, 0.25) is 5.91 Å². The van der Waals surface area contributed by atoms with Crippen molar-refractivity contribution in [1.82, 2.24) is 20.9 Å². The lowest BCUT2D eigenvalue weighted by atomic mass is 10.0. The van der Waals surface area contributed by atoms with Crippen molar-refractivity contribution in [2.24, 2.45) is 0 Å². The van der Waals surface area contributed by atoms with Gasteiger partial charge in [-0.25, -0.2) is 9.18 Å². The van der Waals surface area contributed by atoms with Gasteiger partial charge in [-0.1, -0.05) is 30.3 Å². The topological polar surface area (TPSA) is 90.5 Å². The predicted octanol–water partition coefficient (Wildman–Crippen LogP) is 3.26. The fourth-order valence-corrected chi connectivity index (χ4v) is 3.83. The van der Waals surface area contributed by atoms with E-state index in [-0.39, 0.29) is 29.1 Å². The molecular weight excluding hydrogens is 435 g/mol. The van der Waals surface area contributed by atoms with Gasteiger partial charge in [-0.3, -0.25) is 9.59 Å². The van der Waals surface area contributed by atoms with Crippen LogP contribution in [0.4, 0.5) is 9.18 Å². The Morgan fingerprint density at radius 3 is 2.21 bits per heavy atom. The number of nitrogens with zero attached hydrogens (tertiary/aromatic N) is 1. The number of rotatable bonds is 6. The van der Waals surface area contributed by atoms with Crippen LogP contribution in [0.1, 0.15) is 49.5 Å². The second kappa shape index (κ2) is 11.1. The molecule has 0 bridgehead atoms. The summed E-state index contributed by atoms with van der Waals surface area (Å²) in [4.78, 5) is 40.0. The van der Waals surface area contributed by atoms with E-state index in [9.17, 15) is 18.8 Å². The molecule has 0 radical (unpaired) electrons. The van der Waals surface area contributed by atoms with E-state index >= 15 is 0 Å². The smallest absolute Gasteiger partial charge is 0.317 e. The Balaban J connectivity index is 1.62. The molecule has 8 heteroatoms. The highest BCUT2D eigenvalue weighted by atomic mass is 19.1. The zero-order valence-electron chi connectivity index (χ0n) is 19.9. The summed E-state index contributed by atoms with van der Waals surface area (Å²) < 4.78 is 13.2. The number of halogens is 1. The van der Waals surface area contributed by atoms with Crippen LogP contribution in [-0.4, -0.2) is 53.5 Å². The van der Waals surface area contributed by atoms with E-state index in [0.29, 0.717) is 32.4 Å². The molecule has 2 aromatic rings. The maximum absolute atomic E-state index is 13.2. The third-order valence-electron chi connectivity index (χ3n) is 5.62. The first-order valence-electron chi connectivity index (χ1n) is 11.6. The largest absolute Gasteiger partial charge is 0.351 e. The van der Waals surface area contributed by atoms with Gasteiger partial charge in [-0.05, 0) is 63.4 Å². The van der Waals surface area contributed by atoms with Crippen molar-refractivity contribution >= 4 is 17.8 Å². The molecule has 34 heavy (non-hydrogen) atoms. The van der Waals surface area contributed by atoms with Crippen LogP contribution in [-0.2, 0) is 11.2 Å². The maximum atomic E-state index is 13.2. The second-order valence-electron chi connectivity index (χ2n) is 9.67. The molecule has 0 saturated carbocycles. The summed E-state index contributed by atoms with van der Waals surface area (Å²) in [5.74, 6) is -1.15. The monoisotopic (exact) mass is 468 g/mol.